The molecular weight excluding hydrogens is 260 g/mol. The molecule has 1 aromatic carbocycles. The van der Waals surface area contributed by atoms with Crippen LogP contribution in [0.2, 0.25) is 0 Å². The summed E-state index contributed by atoms with van der Waals surface area (Å²) in [6.07, 6.45) is 4.99. The Labute approximate surface area is 109 Å². The molecule has 0 heterocycles. The molecule has 1 atom stereocenters. The number of alkyl halides is 1. The zero-order chi connectivity index (χ0) is 12.0. The molecule has 0 bridgehead atoms. The van der Waals surface area contributed by atoms with Gasteiger partial charge in [-0.25, -0.2) is 0 Å². The van der Waals surface area contributed by atoms with E-state index in [-0.39, 0.29) is 0 Å². The average Bonchev–Trinajstić information content (AvgIpc) is 2.26. The van der Waals surface area contributed by atoms with Gasteiger partial charge in [-0.3, -0.25) is 0 Å². The molecule has 0 saturated carbocycles. The normalized spacial score (nSPS) is 13.1. The molecule has 0 saturated heterocycles. The van der Waals surface area contributed by atoms with Gasteiger partial charge in [-0.2, -0.15) is 0 Å². The molecule has 0 aliphatic carbocycles. The third-order valence-corrected chi connectivity index (χ3v) is 3.78. The van der Waals surface area contributed by atoms with Crippen molar-refractivity contribution in [2.24, 2.45) is 5.92 Å². The van der Waals surface area contributed by atoms with Gasteiger partial charge in [0.15, 0.2) is 0 Å². The van der Waals surface area contributed by atoms with Gasteiger partial charge in [-0.15, -0.1) is 0 Å². The summed E-state index contributed by atoms with van der Waals surface area (Å²) in [4.78, 5) is 0.528. The first kappa shape index (κ1) is 13.8. The van der Waals surface area contributed by atoms with Crippen LogP contribution in [0.3, 0.4) is 0 Å². The minimum absolute atomic E-state index is 0.528. The fourth-order valence-corrected chi connectivity index (χ4v) is 2.51. The number of halogens is 1. The van der Waals surface area contributed by atoms with E-state index in [1.54, 1.807) is 0 Å². The zero-order valence-corrected chi connectivity index (χ0v) is 12.3. The Bertz CT molecular complexity index is 287. The molecule has 1 heteroatoms. The molecule has 0 nitrogen and oxygen atoms in total. The van der Waals surface area contributed by atoms with E-state index in [0.29, 0.717) is 4.83 Å². The topological polar surface area (TPSA) is 0 Å². The number of rotatable bonds is 6. The van der Waals surface area contributed by atoms with E-state index < -0.39 is 0 Å². The monoisotopic (exact) mass is 282 g/mol. The Morgan fingerprint density at radius 1 is 1.12 bits per heavy atom. The molecule has 90 valence electrons. The molecule has 0 aliphatic heterocycles. The summed E-state index contributed by atoms with van der Waals surface area (Å²) in [7, 11) is 0. The van der Waals surface area contributed by atoms with Gasteiger partial charge in [-0.05, 0) is 29.9 Å². The van der Waals surface area contributed by atoms with E-state index in [1.165, 1.54) is 36.8 Å². The zero-order valence-electron chi connectivity index (χ0n) is 10.7. The highest BCUT2D eigenvalue weighted by Gasteiger charge is 2.06. The summed E-state index contributed by atoms with van der Waals surface area (Å²) in [6, 6.07) is 9.09. The van der Waals surface area contributed by atoms with E-state index in [1.807, 2.05) is 0 Å². The van der Waals surface area contributed by atoms with Crippen LogP contribution < -0.4 is 0 Å². The van der Waals surface area contributed by atoms with Crippen molar-refractivity contribution in [2.75, 3.05) is 0 Å². The first-order chi connectivity index (χ1) is 7.63. The van der Waals surface area contributed by atoms with Crippen LogP contribution in [0.4, 0.5) is 0 Å². The van der Waals surface area contributed by atoms with Crippen molar-refractivity contribution in [1.29, 1.82) is 0 Å². The summed E-state index contributed by atoms with van der Waals surface area (Å²) in [5.41, 5.74) is 2.87. The smallest absolute Gasteiger partial charge is 0.0395 e. The van der Waals surface area contributed by atoms with Crippen LogP contribution in [0.25, 0.3) is 0 Å². The lowest BCUT2D eigenvalue weighted by molar-refractivity contribution is 0.647. The molecule has 0 aromatic heterocycles. The Balaban J connectivity index is 2.56. The first-order valence-electron chi connectivity index (χ1n) is 6.36. The lowest BCUT2D eigenvalue weighted by atomic mass is 10.00. The van der Waals surface area contributed by atoms with Crippen molar-refractivity contribution in [3.63, 3.8) is 0 Å². The van der Waals surface area contributed by atoms with Gasteiger partial charge < -0.3 is 0 Å². The number of unbranched alkanes of at least 4 members (excludes halogenated alkanes) is 1. The minimum Gasteiger partial charge on any atom is -0.0839 e. The molecule has 1 rings (SSSR count). The SMILES string of the molecule is CCCCC(Br)c1ccc(CC(C)C)cc1. The van der Waals surface area contributed by atoms with E-state index in [9.17, 15) is 0 Å². The molecule has 0 aliphatic rings. The van der Waals surface area contributed by atoms with Gasteiger partial charge in [0, 0.05) is 4.83 Å². The van der Waals surface area contributed by atoms with Crippen molar-refractivity contribution in [1.82, 2.24) is 0 Å². The van der Waals surface area contributed by atoms with Crippen LogP contribution in [0.15, 0.2) is 24.3 Å². The average molecular weight is 283 g/mol. The van der Waals surface area contributed by atoms with Gasteiger partial charge >= 0.3 is 0 Å². The molecule has 0 amide bonds. The van der Waals surface area contributed by atoms with E-state index >= 15 is 0 Å². The van der Waals surface area contributed by atoms with Gasteiger partial charge in [0.05, 0.1) is 0 Å². The Hall–Kier alpha value is -0.300. The van der Waals surface area contributed by atoms with Crippen LogP contribution in [0, 0.1) is 5.92 Å². The molecule has 1 unspecified atom stereocenters. The van der Waals surface area contributed by atoms with Crippen LogP contribution in [-0.2, 0) is 6.42 Å². The number of hydrogen-bond acceptors (Lipinski definition) is 0. The maximum absolute atomic E-state index is 3.76. The number of benzene rings is 1. The van der Waals surface area contributed by atoms with Crippen LogP contribution in [-0.4, -0.2) is 0 Å². The fourth-order valence-electron chi connectivity index (χ4n) is 1.88. The molecule has 0 N–H and O–H groups in total. The van der Waals surface area contributed by atoms with Crippen molar-refractivity contribution in [3.05, 3.63) is 35.4 Å². The standard InChI is InChI=1S/C15H23Br/c1-4-5-6-15(16)14-9-7-13(8-10-14)11-12(2)3/h7-10,12,15H,4-6,11H2,1-3H3. The third kappa shape index (κ3) is 4.69. The van der Waals surface area contributed by atoms with Gasteiger partial charge in [0.2, 0.25) is 0 Å². The summed E-state index contributed by atoms with van der Waals surface area (Å²) in [5.74, 6) is 0.741. The second kappa shape index (κ2) is 7.11. The van der Waals surface area contributed by atoms with Gasteiger partial charge in [0.1, 0.15) is 0 Å². The summed E-state index contributed by atoms with van der Waals surface area (Å²) < 4.78 is 0. The number of hydrogen-bond donors (Lipinski definition) is 0. The van der Waals surface area contributed by atoms with Crippen molar-refractivity contribution >= 4 is 15.9 Å². The van der Waals surface area contributed by atoms with Crippen molar-refractivity contribution in [3.8, 4) is 0 Å². The Kier molecular flexibility index (Phi) is 6.12. The minimum atomic E-state index is 0.528. The third-order valence-electron chi connectivity index (χ3n) is 2.80. The first-order valence-corrected chi connectivity index (χ1v) is 7.28. The predicted octanol–water partition coefficient (Wildman–Crippen LogP) is 5.51. The quantitative estimate of drug-likeness (QED) is 0.604. The van der Waals surface area contributed by atoms with Crippen LogP contribution in [0.5, 0.6) is 0 Å². The fraction of sp³-hybridized carbons (Fsp3) is 0.600. The second-order valence-electron chi connectivity index (χ2n) is 4.95. The van der Waals surface area contributed by atoms with E-state index in [2.05, 4.69) is 61.0 Å². The van der Waals surface area contributed by atoms with Crippen molar-refractivity contribution < 1.29 is 0 Å². The highest BCUT2D eigenvalue weighted by molar-refractivity contribution is 9.09. The van der Waals surface area contributed by atoms with E-state index in [0.717, 1.165) is 5.92 Å². The molecule has 0 spiro atoms. The van der Waals surface area contributed by atoms with Gasteiger partial charge in [-0.1, -0.05) is 73.8 Å². The lowest BCUT2D eigenvalue weighted by Crippen LogP contribution is -1.95. The Morgan fingerprint density at radius 3 is 2.25 bits per heavy atom. The maximum atomic E-state index is 3.76. The molecular formula is C15H23Br. The highest BCUT2D eigenvalue weighted by Crippen LogP contribution is 2.28. The van der Waals surface area contributed by atoms with E-state index in [4.69, 9.17) is 0 Å². The molecule has 1 aromatic rings. The Morgan fingerprint density at radius 2 is 1.75 bits per heavy atom. The van der Waals surface area contributed by atoms with Crippen LogP contribution >= 0.6 is 15.9 Å². The van der Waals surface area contributed by atoms with Gasteiger partial charge in [0.25, 0.3) is 0 Å². The van der Waals surface area contributed by atoms with Crippen LogP contribution in [0.1, 0.15) is 56.0 Å². The summed E-state index contributed by atoms with van der Waals surface area (Å²) in [5, 5.41) is 0. The molecule has 0 fully saturated rings. The molecule has 16 heavy (non-hydrogen) atoms. The largest absolute Gasteiger partial charge is 0.0839 e. The summed E-state index contributed by atoms with van der Waals surface area (Å²) >= 11 is 3.76. The highest BCUT2D eigenvalue weighted by atomic mass is 79.9. The predicted molar refractivity (Wildman–Crippen MR) is 76.2 cm³/mol. The molecule has 0 radical (unpaired) electrons. The second-order valence-corrected chi connectivity index (χ2v) is 6.05. The lowest BCUT2D eigenvalue weighted by Gasteiger charge is -2.11. The van der Waals surface area contributed by atoms with Crippen molar-refractivity contribution in [2.45, 2.75) is 51.3 Å². The summed E-state index contributed by atoms with van der Waals surface area (Å²) in [6.45, 7) is 6.77. The maximum Gasteiger partial charge on any atom is 0.0395 e.